The Morgan fingerprint density at radius 3 is 1.67 bits per heavy atom. The summed E-state index contributed by atoms with van der Waals surface area (Å²) in [6.07, 6.45) is 13.5. The van der Waals surface area contributed by atoms with Crippen LogP contribution in [0.15, 0.2) is 54.6 Å². The van der Waals surface area contributed by atoms with Gasteiger partial charge in [0.1, 0.15) is 18.1 Å². The lowest BCUT2D eigenvalue weighted by atomic mass is 10.1. The Balaban J connectivity index is 1.48. The van der Waals surface area contributed by atoms with Crippen LogP contribution in [0, 0.1) is 0 Å². The number of unbranched alkanes of at least 4 members (excludes halogenated alkanes) is 9. The molecule has 0 radical (unpaired) electrons. The first-order valence-corrected chi connectivity index (χ1v) is 10.8. The van der Waals surface area contributed by atoms with Crippen LogP contribution < -0.4 is 9.47 Å². The minimum absolute atomic E-state index is 0.597. The maximum atomic E-state index is 5.84. The summed E-state index contributed by atoms with van der Waals surface area (Å²) >= 11 is 0. The first-order chi connectivity index (χ1) is 13.4. The van der Waals surface area contributed by atoms with E-state index in [4.69, 9.17) is 9.47 Å². The number of hydrogen-bond donors (Lipinski definition) is 0. The lowest BCUT2D eigenvalue weighted by Gasteiger charge is -2.09. The van der Waals surface area contributed by atoms with Crippen LogP contribution in [0.2, 0.25) is 0 Å². The Bertz CT molecular complexity index is 577. The molecule has 0 N–H and O–H groups in total. The third-order valence-electron chi connectivity index (χ3n) is 4.84. The molecule has 0 unspecified atom stereocenters. The summed E-state index contributed by atoms with van der Waals surface area (Å²) in [5.41, 5.74) is 1.18. The van der Waals surface area contributed by atoms with Gasteiger partial charge in [0.2, 0.25) is 0 Å². The number of benzene rings is 2. The Morgan fingerprint density at radius 1 is 0.556 bits per heavy atom. The van der Waals surface area contributed by atoms with Crippen molar-refractivity contribution in [3.8, 4) is 11.5 Å². The molecule has 0 aliphatic carbocycles. The molecule has 2 heteroatoms. The summed E-state index contributed by atoms with van der Waals surface area (Å²) in [5, 5.41) is 0. The fraction of sp³-hybridized carbons (Fsp3) is 0.520. The van der Waals surface area contributed by atoms with E-state index < -0.39 is 0 Å². The molecule has 0 aliphatic rings. The van der Waals surface area contributed by atoms with E-state index in [2.05, 4.69) is 19.1 Å². The zero-order chi connectivity index (χ0) is 19.0. The van der Waals surface area contributed by atoms with Crippen molar-refractivity contribution in [3.05, 3.63) is 60.2 Å². The van der Waals surface area contributed by atoms with Crippen molar-refractivity contribution < 1.29 is 9.47 Å². The SMILES string of the molecule is CCCCCCCCCCCCOc1ccc(OCc2ccccc2)cc1. The molecule has 2 aromatic rings. The highest BCUT2D eigenvalue weighted by Crippen LogP contribution is 2.19. The van der Waals surface area contributed by atoms with Crippen molar-refractivity contribution in [2.75, 3.05) is 6.61 Å². The minimum atomic E-state index is 0.597. The highest BCUT2D eigenvalue weighted by Gasteiger charge is 1.98. The molecule has 2 nitrogen and oxygen atoms in total. The van der Waals surface area contributed by atoms with Gasteiger partial charge in [-0.05, 0) is 36.2 Å². The van der Waals surface area contributed by atoms with Crippen molar-refractivity contribution in [3.63, 3.8) is 0 Å². The standard InChI is InChI=1S/C25H36O2/c1-2-3-4-5-6-7-8-9-10-14-21-26-24-17-19-25(20-18-24)27-22-23-15-12-11-13-16-23/h11-13,15-20H,2-10,14,21-22H2,1H3. The molecule has 0 fully saturated rings. The average molecular weight is 369 g/mol. The molecule has 0 atom stereocenters. The summed E-state index contributed by atoms with van der Waals surface area (Å²) in [5.74, 6) is 1.81. The van der Waals surface area contributed by atoms with E-state index in [0.29, 0.717) is 6.61 Å². The van der Waals surface area contributed by atoms with E-state index in [1.165, 1.54) is 63.4 Å². The topological polar surface area (TPSA) is 18.5 Å². The largest absolute Gasteiger partial charge is 0.494 e. The molecule has 0 heterocycles. The maximum Gasteiger partial charge on any atom is 0.120 e. The van der Waals surface area contributed by atoms with Crippen LogP contribution in [0.4, 0.5) is 0 Å². The molecule has 148 valence electrons. The molecule has 0 aliphatic heterocycles. The van der Waals surface area contributed by atoms with Gasteiger partial charge in [-0.25, -0.2) is 0 Å². The molecule has 2 aromatic carbocycles. The van der Waals surface area contributed by atoms with Crippen molar-refractivity contribution >= 4 is 0 Å². The van der Waals surface area contributed by atoms with E-state index in [0.717, 1.165) is 24.5 Å². The quantitative estimate of drug-likeness (QED) is 0.302. The monoisotopic (exact) mass is 368 g/mol. The van der Waals surface area contributed by atoms with Crippen molar-refractivity contribution in [2.45, 2.75) is 77.7 Å². The van der Waals surface area contributed by atoms with E-state index in [1.54, 1.807) is 0 Å². The average Bonchev–Trinajstić information content (AvgIpc) is 2.72. The summed E-state index contributed by atoms with van der Waals surface area (Å²) in [6, 6.07) is 18.2. The number of hydrogen-bond acceptors (Lipinski definition) is 2. The molecule has 0 spiro atoms. The van der Waals surface area contributed by atoms with Gasteiger partial charge in [0.15, 0.2) is 0 Å². The van der Waals surface area contributed by atoms with Crippen LogP contribution in [0.5, 0.6) is 11.5 Å². The van der Waals surface area contributed by atoms with Gasteiger partial charge in [-0.3, -0.25) is 0 Å². The molecular weight excluding hydrogens is 332 g/mol. The summed E-state index contributed by atoms with van der Waals surface area (Å²) in [7, 11) is 0. The molecule has 0 bridgehead atoms. The second kappa shape index (κ2) is 14.1. The van der Waals surface area contributed by atoms with Crippen LogP contribution in [0.3, 0.4) is 0 Å². The molecule has 27 heavy (non-hydrogen) atoms. The first kappa shape index (κ1) is 21.3. The van der Waals surface area contributed by atoms with Crippen molar-refractivity contribution in [1.29, 1.82) is 0 Å². The smallest absolute Gasteiger partial charge is 0.120 e. The lowest BCUT2D eigenvalue weighted by molar-refractivity contribution is 0.296. The van der Waals surface area contributed by atoms with Gasteiger partial charge < -0.3 is 9.47 Å². The molecule has 0 amide bonds. The van der Waals surface area contributed by atoms with E-state index >= 15 is 0 Å². The van der Waals surface area contributed by atoms with Gasteiger partial charge in [0.05, 0.1) is 6.61 Å². The van der Waals surface area contributed by atoms with E-state index in [1.807, 2.05) is 42.5 Å². The lowest BCUT2D eigenvalue weighted by Crippen LogP contribution is -1.98. The highest BCUT2D eigenvalue weighted by molar-refractivity contribution is 5.31. The first-order valence-electron chi connectivity index (χ1n) is 10.8. The van der Waals surface area contributed by atoms with Crippen LogP contribution >= 0.6 is 0 Å². The zero-order valence-corrected chi connectivity index (χ0v) is 17.0. The fourth-order valence-electron chi connectivity index (χ4n) is 3.15. The van der Waals surface area contributed by atoms with Crippen LogP contribution in [0.25, 0.3) is 0 Å². The minimum Gasteiger partial charge on any atom is -0.494 e. The Morgan fingerprint density at radius 2 is 1.07 bits per heavy atom. The fourth-order valence-corrected chi connectivity index (χ4v) is 3.15. The van der Waals surface area contributed by atoms with Crippen LogP contribution in [-0.2, 0) is 6.61 Å². The van der Waals surface area contributed by atoms with Crippen LogP contribution in [0.1, 0.15) is 76.7 Å². The van der Waals surface area contributed by atoms with Crippen molar-refractivity contribution in [1.82, 2.24) is 0 Å². The second-order valence-electron chi connectivity index (χ2n) is 7.28. The third kappa shape index (κ3) is 10.1. The molecule has 0 saturated heterocycles. The van der Waals surface area contributed by atoms with Gasteiger partial charge in [-0.1, -0.05) is 95.0 Å². The Labute approximate surface area is 165 Å². The van der Waals surface area contributed by atoms with Crippen molar-refractivity contribution in [2.24, 2.45) is 0 Å². The van der Waals surface area contributed by atoms with E-state index in [-0.39, 0.29) is 0 Å². The molecule has 0 aromatic heterocycles. The van der Waals surface area contributed by atoms with Gasteiger partial charge in [-0.2, -0.15) is 0 Å². The Kier molecular flexibility index (Phi) is 11.2. The molecule has 0 saturated carbocycles. The predicted octanol–water partition coefficient (Wildman–Crippen LogP) is 7.57. The third-order valence-corrected chi connectivity index (χ3v) is 4.84. The van der Waals surface area contributed by atoms with Gasteiger partial charge in [0.25, 0.3) is 0 Å². The van der Waals surface area contributed by atoms with Gasteiger partial charge >= 0.3 is 0 Å². The maximum absolute atomic E-state index is 5.84. The number of ether oxygens (including phenoxy) is 2. The summed E-state index contributed by atoms with van der Waals surface area (Å²) in [6.45, 7) is 3.68. The van der Waals surface area contributed by atoms with Gasteiger partial charge in [-0.15, -0.1) is 0 Å². The highest BCUT2D eigenvalue weighted by atomic mass is 16.5. The predicted molar refractivity (Wildman–Crippen MR) is 115 cm³/mol. The summed E-state index contributed by atoms with van der Waals surface area (Å²) < 4.78 is 11.6. The second-order valence-corrected chi connectivity index (χ2v) is 7.28. The summed E-state index contributed by atoms with van der Waals surface area (Å²) in [4.78, 5) is 0. The van der Waals surface area contributed by atoms with E-state index in [9.17, 15) is 0 Å². The Hall–Kier alpha value is -1.96. The van der Waals surface area contributed by atoms with Crippen LogP contribution in [-0.4, -0.2) is 6.61 Å². The molecule has 2 rings (SSSR count). The van der Waals surface area contributed by atoms with Gasteiger partial charge in [0, 0.05) is 0 Å². The zero-order valence-electron chi connectivity index (χ0n) is 17.0. The molecular formula is C25H36O2. The normalized spacial score (nSPS) is 10.7. The number of rotatable bonds is 15.